The molecule has 2 heterocycles. The lowest BCUT2D eigenvalue weighted by Gasteiger charge is -2.05. The van der Waals surface area contributed by atoms with Crippen molar-refractivity contribution in [3.63, 3.8) is 0 Å². The third-order valence-corrected chi connectivity index (χ3v) is 1.96. The number of aryl methyl sites for hydroxylation is 1. The number of fused-ring (bicyclic) bond motifs is 1. The van der Waals surface area contributed by atoms with Gasteiger partial charge in [-0.25, -0.2) is 9.52 Å². The molecule has 0 N–H and O–H groups in total. The Morgan fingerprint density at radius 2 is 2.23 bits per heavy atom. The van der Waals surface area contributed by atoms with Gasteiger partial charge in [0.25, 0.3) is 5.65 Å². The fourth-order valence-electron chi connectivity index (χ4n) is 1.35. The molecule has 2 aromatic heterocycles. The van der Waals surface area contributed by atoms with Crippen molar-refractivity contribution >= 4 is 5.65 Å². The molecule has 0 aliphatic rings. The van der Waals surface area contributed by atoms with E-state index in [1.165, 1.54) is 16.7 Å². The quantitative estimate of drug-likeness (QED) is 0.426. The molecule has 2 rings (SSSR count). The zero-order valence-corrected chi connectivity index (χ0v) is 7.10. The smallest absolute Gasteiger partial charge is 0.342 e. The fourth-order valence-corrected chi connectivity index (χ4v) is 1.35. The summed E-state index contributed by atoms with van der Waals surface area (Å²) in [4.78, 5) is 11.3. The lowest BCUT2D eigenvalue weighted by Crippen LogP contribution is -2.34. The van der Waals surface area contributed by atoms with Crippen LogP contribution in [0.15, 0.2) is 35.4 Å². The van der Waals surface area contributed by atoms with E-state index in [0.29, 0.717) is 10.4 Å². The summed E-state index contributed by atoms with van der Waals surface area (Å²) in [5.74, 6) is 0. The second-order valence-electron chi connectivity index (χ2n) is 2.86. The summed E-state index contributed by atoms with van der Waals surface area (Å²) < 4.78 is 2.03. The van der Waals surface area contributed by atoms with Gasteiger partial charge in [0, 0.05) is 5.56 Å². The highest BCUT2D eigenvalue weighted by Crippen LogP contribution is 2.00. The first-order valence-electron chi connectivity index (χ1n) is 3.90. The van der Waals surface area contributed by atoms with Gasteiger partial charge < -0.3 is 5.21 Å². The van der Waals surface area contributed by atoms with Crippen LogP contribution in [0.25, 0.3) is 5.65 Å². The summed E-state index contributed by atoms with van der Waals surface area (Å²) in [6.07, 6.45) is 2.81. The molecule has 0 aliphatic carbocycles. The zero-order chi connectivity index (χ0) is 9.42. The van der Waals surface area contributed by atoms with Gasteiger partial charge in [0.2, 0.25) is 0 Å². The van der Waals surface area contributed by atoms with Crippen molar-refractivity contribution < 1.29 is 4.73 Å². The van der Waals surface area contributed by atoms with Crippen LogP contribution in [0.3, 0.4) is 0 Å². The molecule has 0 radical (unpaired) electrons. The highest BCUT2D eigenvalue weighted by atomic mass is 16.5. The first-order chi connectivity index (χ1) is 6.20. The molecular weight excluding hydrogens is 168 g/mol. The standard InChI is InChI=1S/C9H8N2O2/c1-7-3-2-5-10-8(12)4-6-11(13)9(7)10/h2-6H,1H3. The highest BCUT2D eigenvalue weighted by Gasteiger charge is 2.07. The van der Waals surface area contributed by atoms with Gasteiger partial charge in [-0.05, 0) is 19.1 Å². The molecule has 66 valence electrons. The predicted molar refractivity (Wildman–Crippen MR) is 47.4 cm³/mol. The van der Waals surface area contributed by atoms with E-state index in [4.69, 9.17) is 0 Å². The first-order valence-corrected chi connectivity index (χ1v) is 3.90. The third-order valence-electron chi connectivity index (χ3n) is 1.96. The van der Waals surface area contributed by atoms with E-state index in [0.717, 1.165) is 5.56 Å². The van der Waals surface area contributed by atoms with Gasteiger partial charge in [0.1, 0.15) is 6.20 Å². The van der Waals surface area contributed by atoms with Crippen LogP contribution >= 0.6 is 0 Å². The van der Waals surface area contributed by atoms with Crippen molar-refractivity contribution in [3.8, 4) is 0 Å². The topological polar surface area (TPSA) is 48.4 Å². The Morgan fingerprint density at radius 1 is 1.46 bits per heavy atom. The van der Waals surface area contributed by atoms with E-state index >= 15 is 0 Å². The summed E-state index contributed by atoms with van der Waals surface area (Å²) in [6, 6.07) is 4.78. The summed E-state index contributed by atoms with van der Waals surface area (Å²) in [5.41, 5.74) is 0.982. The van der Waals surface area contributed by atoms with Gasteiger partial charge in [-0.1, -0.05) is 0 Å². The van der Waals surface area contributed by atoms with Crippen LogP contribution in [0, 0.1) is 12.1 Å². The van der Waals surface area contributed by atoms with Gasteiger partial charge >= 0.3 is 5.56 Å². The van der Waals surface area contributed by atoms with Crippen molar-refractivity contribution in [1.82, 2.24) is 4.40 Å². The van der Waals surface area contributed by atoms with E-state index in [1.54, 1.807) is 25.3 Å². The highest BCUT2D eigenvalue weighted by molar-refractivity contribution is 5.41. The maximum absolute atomic E-state index is 11.3. The molecule has 0 bridgehead atoms. The Labute approximate surface area is 74.3 Å². The van der Waals surface area contributed by atoms with Crippen molar-refractivity contribution in [1.29, 1.82) is 0 Å². The van der Waals surface area contributed by atoms with E-state index in [2.05, 4.69) is 0 Å². The van der Waals surface area contributed by atoms with Crippen LogP contribution in [0.1, 0.15) is 5.56 Å². The van der Waals surface area contributed by atoms with Crippen LogP contribution < -0.4 is 10.3 Å². The molecule has 4 nitrogen and oxygen atoms in total. The van der Waals surface area contributed by atoms with Crippen molar-refractivity contribution in [3.05, 3.63) is 51.7 Å². The number of rotatable bonds is 0. The molecule has 0 aliphatic heterocycles. The van der Waals surface area contributed by atoms with Crippen molar-refractivity contribution in [2.24, 2.45) is 0 Å². The molecule has 0 aromatic carbocycles. The van der Waals surface area contributed by atoms with E-state index < -0.39 is 0 Å². The fraction of sp³-hybridized carbons (Fsp3) is 0.111. The molecule has 0 amide bonds. The van der Waals surface area contributed by atoms with Gasteiger partial charge in [-0.15, -0.1) is 0 Å². The van der Waals surface area contributed by atoms with E-state index in [9.17, 15) is 10.0 Å². The van der Waals surface area contributed by atoms with Crippen LogP contribution in [-0.2, 0) is 0 Å². The van der Waals surface area contributed by atoms with Crippen LogP contribution in [0.5, 0.6) is 0 Å². The van der Waals surface area contributed by atoms with E-state index in [1.807, 2.05) is 0 Å². The molecule has 13 heavy (non-hydrogen) atoms. The minimum atomic E-state index is -0.189. The second-order valence-corrected chi connectivity index (χ2v) is 2.86. The maximum Gasteiger partial charge on any atom is 0.342 e. The predicted octanol–water partition coefficient (Wildman–Crippen LogP) is 0.241. The first kappa shape index (κ1) is 7.79. The van der Waals surface area contributed by atoms with Crippen LogP contribution in [0.2, 0.25) is 0 Å². The molecule has 0 fully saturated rings. The maximum atomic E-state index is 11.3. The molecular formula is C9H8N2O2. The Morgan fingerprint density at radius 3 is 2.92 bits per heavy atom. The molecule has 2 aromatic rings. The Bertz CT molecular complexity index is 508. The number of hydrogen-bond acceptors (Lipinski definition) is 2. The minimum Gasteiger partial charge on any atom is -0.711 e. The SMILES string of the molecule is Cc1cccn2c(=O)cc[n+]([O-])c12. The van der Waals surface area contributed by atoms with Gasteiger partial charge in [-0.2, -0.15) is 4.40 Å². The third kappa shape index (κ3) is 1.07. The molecule has 0 unspecified atom stereocenters. The van der Waals surface area contributed by atoms with Crippen molar-refractivity contribution in [2.45, 2.75) is 6.92 Å². The number of aromatic nitrogens is 2. The van der Waals surface area contributed by atoms with Crippen LogP contribution in [0.4, 0.5) is 0 Å². The Hall–Kier alpha value is -1.84. The number of nitrogens with zero attached hydrogens (tertiary/aromatic N) is 2. The molecule has 4 heteroatoms. The average molecular weight is 176 g/mol. The van der Waals surface area contributed by atoms with Gasteiger partial charge in [0.05, 0.1) is 12.3 Å². The van der Waals surface area contributed by atoms with Crippen LogP contribution in [-0.4, -0.2) is 4.40 Å². The summed E-state index contributed by atoms with van der Waals surface area (Å²) in [5, 5.41) is 11.3. The molecule has 0 atom stereocenters. The molecule has 0 spiro atoms. The molecule has 0 saturated carbocycles. The summed E-state index contributed by atoms with van der Waals surface area (Å²) in [7, 11) is 0. The lowest BCUT2D eigenvalue weighted by molar-refractivity contribution is -0.581. The average Bonchev–Trinajstić information content (AvgIpc) is 2.12. The van der Waals surface area contributed by atoms with Crippen molar-refractivity contribution in [2.75, 3.05) is 0 Å². The number of pyridine rings is 1. The minimum absolute atomic E-state index is 0.189. The summed E-state index contributed by atoms with van der Waals surface area (Å²) in [6.45, 7) is 1.79. The Kier molecular flexibility index (Phi) is 1.55. The summed E-state index contributed by atoms with van der Waals surface area (Å²) >= 11 is 0. The van der Waals surface area contributed by atoms with Gasteiger partial charge in [0.15, 0.2) is 0 Å². The zero-order valence-electron chi connectivity index (χ0n) is 7.10. The normalized spacial score (nSPS) is 10.5. The second kappa shape index (κ2) is 2.58. The molecule has 0 saturated heterocycles. The number of hydrogen-bond donors (Lipinski definition) is 0. The lowest BCUT2D eigenvalue weighted by atomic mass is 10.3. The van der Waals surface area contributed by atoms with Gasteiger partial charge in [-0.3, -0.25) is 0 Å². The van der Waals surface area contributed by atoms with E-state index in [-0.39, 0.29) is 5.56 Å². The Balaban J connectivity index is 3.09. The monoisotopic (exact) mass is 176 g/mol. The largest absolute Gasteiger partial charge is 0.711 e.